The highest BCUT2D eigenvalue weighted by Crippen LogP contribution is 2.37. The van der Waals surface area contributed by atoms with E-state index < -0.39 is 16.0 Å². The highest BCUT2D eigenvalue weighted by Gasteiger charge is 2.28. The summed E-state index contributed by atoms with van der Waals surface area (Å²) in [5.74, 6) is -1.19. The van der Waals surface area contributed by atoms with Crippen LogP contribution in [0.25, 0.3) is 11.6 Å². The Hall–Kier alpha value is -2.91. The molecule has 1 aromatic carbocycles. The lowest BCUT2D eigenvalue weighted by Crippen LogP contribution is -2.30. The van der Waals surface area contributed by atoms with E-state index in [1.54, 1.807) is 26.0 Å². The minimum absolute atomic E-state index is 0.00646. The summed E-state index contributed by atoms with van der Waals surface area (Å²) in [6.45, 7) is 3.49. The molecule has 4 N–H and O–H groups in total. The largest absolute Gasteiger partial charge is 0.481 e. The smallest absolute Gasteiger partial charge is 0.303 e. The number of hydrogen-bond donors (Lipinski definition) is 4. The molecular formula is C23H27N3O5S. The Kier molecular flexibility index (Phi) is 5.96. The van der Waals surface area contributed by atoms with Gasteiger partial charge in [0.15, 0.2) is 0 Å². The molecule has 0 saturated carbocycles. The molecule has 1 amide bonds. The van der Waals surface area contributed by atoms with Crippen molar-refractivity contribution in [3.63, 3.8) is 0 Å². The second-order valence-electron chi connectivity index (χ2n) is 8.57. The SMILES string of the molecule is CC(C)NS(=O)(=O)c1ccc2c(c1)/C(=C/c1[nH]c3c(c1CCC(=O)O)CCCC3)C(=O)N2. The van der Waals surface area contributed by atoms with Crippen molar-refractivity contribution in [2.45, 2.75) is 63.3 Å². The Bertz CT molecular complexity index is 1220. The molecule has 8 nitrogen and oxygen atoms in total. The van der Waals surface area contributed by atoms with E-state index in [4.69, 9.17) is 0 Å². The molecular weight excluding hydrogens is 430 g/mol. The Morgan fingerprint density at radius 1 is 1.25 bits per heavy atom. The Morgan fingerprint density at radius 3 is 2.72 bits per heavy atom. The van der Waals surface area contributed by atoms with Gasteiger partial charge in [0, 0.05) is 35.1 Å². The first kappa shape index (κ1) is 22.3. The first-order valence-corrected chi connectivity index (χ1v) is 12.3. The number of rotatable bonds is 7. The molecule has 0 radical (unpaired) electrons. The zero-order valence-corrected chi connectivity index (χ0v) is 18.9. The average molecular weight is 458 g/mol. The average Bonchev–Trinajstić information content (AvgIpc) is 3.22. The van der Waals surface area contributed by atoms with Crippen LogP contribution in [-0.4, -0.2) is 36.4 Å². The van der Waals surface area contributed by atoms with Gasteiger partial charge < -0.3 is 15.4 Å². The lowest BCUT2D eigenvalue weighted by Gasteiger charge is -2.12. The van der Waals surface area contributed by atoms with Gasteiger partial charge in [-0.3, -0.25) is 9.59 Å². The van der Waals surface area contributed by atoms with Gasteiger partial charge >= 0.3 is 5.97 Å². The molecule has 32 heavy (non-hydrogen) atoms. The van der Waals surface area contributed by atoms with Crippen molar-refractivity contribution in [1.29, 1.82) is 0 Å². The summed E-state index contributed by atoms with van der Waals surface area (Å²) in [6.07, 6.45) is 6.00. The number of nitrogens with one attached hydrogen (secondary N) is 3. The number of amides is 1. The van der Waals surface area contributed by atoms with Crippen LogP contribution in [0, 0.1) is 0 Å². The highest BCUT2D eigenvalue weighted by molar-refractivity contribution is 7.89. The Morgan fingerprint density at radius 2 is 2.00 bits per heavy atom. The van der Waals surface area contributed by atoms with Crippen molar-refractivity contribution in [2.24, 2.45) is 0 Å². The van der Waals surface area contributed by atoms with Crippen LogP contribution in [-0.2, 0) is 38.9 Å². The Balaban J connectivity index is 1.78. The molecule has 170 valence electrons. The summed E-state index contributed by atoms with van der Waals surface area (Å²) in [5, 5.41) is 12.0. The third kappa shape index (κ3) is 4.35. The summed E-state index contributed by atoms with van der Waals surface area (Å²) >= 11 is 0. The molecule has 9 heteroatoms. The van der Waals surface area contributed by atoms with Crippen molar-refractivity contribution < 1.29 is 23.1 Å². The van der Waals surface area contributed by atoms with Crippen LogP contribution in [0.15, 0.2) is 23.1 Å². The predicted octanol–water partition coefficient (Wildman–Crippen LogP) is 3.09. The number of carboxylic acids is 1. The minimum atomic E-state index is -3.71. The monoisotopic (exact) mass is 457 g/mol. The summed E-state index contributed by atoms with van der Waals surface area (Å²) in [4.78, 5) is 27.4. The fraction of sp³-hybridized carbons (Fsp3) is 0.391. The molecule has 0 saturated heterocycles. The van der Waals surface area contributed by atoms with Crippen molar-refractivity contribution >= 4 is 39.2 Å². The van der Waals surface area contributed by atoms with Gasteiger partial charge in [-0.05, 0) is 81.4 Å². The predicted molar refractivity (Wildman–Crippen MR) is 122 cm³/mol. The number of carbonyl (C=O) groups is 2. The standard InChI is InChI=1S/C23H27N3O5S/c1-13(2)26-32(30,31)14-7-9-20-17(11-14)18(23(29)25-20)12-21-16(8-10-22(27)28)15-5-3-4-6-19(15)24-21/h7,9,11-13,24,26H,3-6,8,10H2,1-2H3,(H,25,29)(H,27,28)/b18-12-. The molecule has 2 aromatic rings. The van der Waals surface area contributed by atoms with E-state index in [0.29, 0.717) is 23.2 Å². The molecule has 2 aliphatic rings. The van der Waals surface area contributed by atoms with Crippen LogP contribution >= 0.6 is 0 Å². The van der Waals surface area contributed by atoms with Gasteiger partial charge in [-0.1, -0.05) is 0 Å². The highest BCUT2D eigenvalue weighted by atomic mass is 32.2. The van der Waals surface area contributed by atoms with E-state index in [0.717, 1.165) is 48.2 Å². The fourth-order valence-corrected chi connectivity index (χ4v) is 5.69. The number of sulfonamides is 1. The summed E-state index contributed by atoms with van der Waals surface area (Å²) in [7, 11) is -3.71. The number of carboxylic acid groups (broad SMARTS) is 1. The van der Waals surface area contributed by atoms with Crippen LogP contribution in [0.2, 0.25) is 0 Å². The van der Waals surface area contributed by atoms with Crippen LogP contribution in [0.5, 0.6) is 0 Å². The number of carbonyl (C=O) groups excluding carboxylic acids is 1. The number of aryl methyl sites for hydroxylation is 1. The number of benzene rings is 1. The van der Waals surface area contributed by atoms with Gasteiger partial charge in [0.1, 0.15) is 0 Å². The van der Waals surface area contributed by atoms with Gasteiger partial charge in [-0.15, -0.1) is 0 Å². The summed E-state index contributed by atoms with van der Waals surface area (Å²) in [6, 6.07) is 4.31. The number of aromatic nitrogens is 1. The van der Waals surface area contributed by atoms with Crippen LogP contribution in [0.4, 0.5) is 5.69 Å². The van der Waals surface area contributed by atoms with Gasteiger partial charge in [0.2, 0.25) is 10.0 Å². The van der Waals surface area contributed by atoms with Crippen LogP contribution < -0.4 is 10.0 Å². The zero-order valence-electron chi connectivity index (χ0n) is 18.1. The lowest BCUT2D eigenvalue weighted by molar-refractivity contribution is -0.137. The van der Waals surface area contributed by atoms with E-state index in [1.807, 2.05) is 0 Å². The molecule has 4 rings (SSSR count). The zero-order chi connectivity index (χ0) is 23.0. The third-order valence-corrected chi connectivity index (χ3v) is 7.45. The van der Waals surface area contributed by atoms with Crippen molar-refractivity contribution in [1.82, 2.24) is 9.71 Å². The lowest BCUT2D eigenvalue weighted by atomic mass is 9.92. The fourth-order valence-electron chi connectivity index (χ4n) is 4.42. The van der Waals surface area contributed by atoms with Crippen molar-refractivity contribution in [3.05, 3.63) is 46.3 Å². The van der Waals surface area contributed by atoms with E-state index in [-0.39, 0.29) is 23.3 Å². The number of fused-ring (bicyclic) bond motifs is 2. The second-order valence-corrected chi connectivity index (χ2v) is 10.3. The topological polar surface area (TPSA) is 128 Å². The third-order valence-electron chi connectivity index (χ3n) is 5.80. The quantitative estimate of drug-likeness (QED) is 0.475. The van der Waals surface area contributed by atoms with E-state index in [1.165, 1.54) is 12.1 Å². The number of hydrogen-bond acceptors (Lipinski definition) is 4. The molecule has 1 aliphatic carbocycles. The molecule has 0 spiro atoms. The maximum absolute atomic E-state index is 12.7. The Labute approximate surface area is 187 Å². The molecule has 0 unspecified atom stereocenters. The first-order chi connectivity index (χ1) is 15.2. The molecule has 0 fully saturated rings. The van der Waals surface area contributed by atoms with E-state index >= 15 is 0 Å². The van der Waals surface area contributed by atoms with Gasteiger partial charge in [-0.2, -0.15) is 0 Å². The summed E-state index contributed by atoms with van der Waals surface area (Å²) < 4.78 is 27.8. The molecule has 0 bridgehead atoms. The number of anilines is 1. The minimum Gasteiger partial charge on any atom is -0.481 e. The van der Waals surface area contributed by atoms with E-state index in [9.17, 15) is 23.1 Å². The van der Waals surface area contributed by atoms with Crippen LogP contribution in [0.3, 0.4) is 0 Å². The number of aliphatic carboxylic acids is 1. The van der Waals surface area contributed by atoms with Gasteiger partial charge in [-0.25, -0.2) is 13.1 Å². The molecule has 2 heterocycles. The normalized spacial score (nSPS) is 16.8. The van der Waals surface area contributed by atoms with Crippen molar-refractivity contribution in [3.8, 4) is 0 Å². The molecule has 1 aliphatic heterocycles. The molecule has 1 aromatic heterocycles. The molecule has 0 atom stereocenters. The maximum atomic E-state index is 12.7. The van der Waals surface area contributed by atoms with E-state index in [2.05, 4.69) is 15.0 Å². The summed E-state index contributed by atoms with van der Waals surface area (Å²) in [5.41, 5.74) is 5.33. The van der Waals surface area contributed by atoms with Gasteiger partial charge in [0.05, 0.1) is 10.5 Å². The first-order valence-electron chi connectivity index (χ1n) is 10.8. The van der Waals surface area contributed by atoms with Gasteiger partial charge in [0.25, 0.3) is 5.91 Å². The number of aromatic amines is 1. The second kappa shape index (κ2) is 8.55. The number of H-pyrrole nitrogens is 1. The van der Waals surface area contributed by atoms with Crippen molar-refractivity contribution in [2.75, 3.05) is 5.32 Å². The van der Waals surface area contributed by atoms with Crippen LogP contribution in [0.1, 0.15) is 61.2 Å². The maximum Gasteiger partial charge on any atom is 0.303 e.